The fourth-order valence-corrected chi connectivity index (χ4v) is 5.90. The Labute approximate surface area is 258 Å². The summed E-state index contributed by atoms with van der Waals surface area (Å²) in [5.74, 6) is 0.805. The number of carbonyl (C=O) groups excluding carboxylic acids is 1. The predicted molar refractivity (Wildman–Crippen MR) is 168 cm³/mol. The van der Waals surface area contributed by atoms with Crippen molar-refractivity contribution in [1.29, 1.82) is 0 Å². The molecule has 3 N–H and O–H groups in total. The number of nitrogens with one attached hydrogen (secondary N) is 3. The monoisotopic (exact) mass is 632 g/mol. The molecule has 0 aromatic heterocycles. The number of sulfonamides is 1. The van der Waals surface area contributed by atoms with E-state index >= 15 is 0 Å². The quantitative estimate of drug-likeness (QED) is 0.284. The summed E-state index contributed by atoms with van der Waals surface area (Å²) in [4.78, 5) is 15.1. The first kappa shape index (κ1) is 32.7. The van der Waals surface area contributed by atoms with Crippen LogP contribution in [-0.2, 0) is 26.1 Å². The number of piperidine rings is 1. The van der Waals surface area contributed by atoms with Crippen LogP contribution in [0.2, 0.25) is 0 Å². The molecule has 0 saturated carbocycles. The molecule has 43 heavy (non-hydrogen) atoms. The van der Waals surface area contributed by atoms with E-state index in [1.165, 1.54) is 17.7 Å². The summed E-state index contributed by atoms with van der Waals surface area (Å²) in [5, 5.41) is 6.58. The number of hydrogen-bond donors (Lipinski definition) is 3. The Morgan fingerprint density at radius 1 is 0.907 bits per heavy atom. The first-order chi connectivity index (χ1) is 20.2. The molecule has 3 aromatic rings. The van der Waals surface area contributed by atoms with E-state index < -0.39 is 16.1 Å². The number of nitrogens with zero attached hydrogens (tertiary/aromatic N) is 1. The van der Waals surface area contributed by atoms with E-state index in [1.807, 2.05) is 12.1 Å². The van der Waals surface area contributed by atoms with Crippen molar-refractivity contribution in [3.63, 3.8) is 0 Å². The Morgan fingerprint density at radius 2 is 1.51 bits per heavy atom. The number of likely N-dealkylation sites (tertiary alicyclic amines) is 1. The van der Waals surface area contributed by atoms with Crippen LogP contribution in [0.4, 0.5) is 15.8 Å². The van der Waals surface area contributed by atoms with Gasteiger partial charge in [-0.3, -0.25) is 14.4 Å². The number of halogens is 2. The van der Waals surface area contributed by atoms with Gasteiger partial charge in [0.2, 0.25) is 10.0 Å². The Kier molecular flexibility index (Phi) is 11.4. The number of anilines is 2. The van der Waals surface area contributed by atoms with E-state index in [0.717, 1.165) is 45.2 Å². The van der Waals surface area contributed by atoms with Crippen LogP contribution in [0.25, 0.3) is 0 Å². The molecule has 2 atom stereocenters. The van der Waals surface area contributed by atoms with Crippen LogP contribution in [0.15, 0.2) is 72.8 Å². The maximum Gasteiger partial charge on any atom is 0.253 e. The highest BCUT2D eigenvalue weighted by Crippen LogP contribution is 2.25. The summed E-state index contributed by atoms with van der Waals surface area (Å²) in [6.45, 7) is 3.37. The van der Waals surface area contributed by atoms with Gasteiger partial charge >= 0.3 is 0 Å². The van der Waals surface area contributed by atoms with Gasteiger partial charge in [0.05, 0.1) is 6.26 Å². The molecule has 0 aliphatic carbocycles. The maximum absolute atomic E-state index is 13.1. The second-order valence-electron chi connectivity index (χ2n) is 10.9. The lowest BCUT2D eigenvalue weighted by Gasteiger charge is -2.37. The van der Waals surface area contributed by atoms with E-state index in [4.69, 9.17) is 9.47 Å². The highest BCUT2D eigenvalue weighted by Gasteiger charge is 2.30. The van der Waals surface area contributed by atoms with Gasteiger partial charge in [-0.25, -0.2) is 12.8 Å². The Bertz CT molecular complexity index is 1430. The summed E-state index contributed by atoms with van der Waals surface area (Å²) >= 11 is 0. The normalized spacial score (nSPS) is 19.7. The largest absolute Gasteiger partial charge is 0.457 e. The third-order valence-electron chi connectivity index (χ3n) is 7.47. The Balaban J connectivity index is 0.00000423. The number of carbonyl (C=O) groups is 1. The maximum atomic E-state index is 13.1. The molecule has 2 aliphatic rings. The van der Waals surface area contributed by atoms with Gasteiger partial charge in [-0.1, -0.05) is 12.1 Å². The van der Waals surface area contributed by atoms with E-state index in [9.17, 15) is 17.6 Å². The van der Waals surface area contributed by atoms with Crippen molar-refractivity contribution in [2.75, 3.05) is 36.0 Å². The average molecular weight is 633 g/mol. The molecule has 1 amide bonds. The lowest BCUT2D eigenvalue weighted by molar-refractivity contribution is -0.131. The lowest BCUT2D eigenvalue weighted by Crippen LogP contribution is -2.50. The fraction of sp³-hybridized carbons (Fsp3) is 0.387. The van der Waals surface area contributed by atoms with Crippen LogP contribution in [0, 0.1) is 5.82 Å². The summed E-state index contributed by atoms with van der Waals surface area (Å²) in [7, 11) is -3.32. The lowest BCUT2D eigenvalue weighted by atomic mass is 9.98. The molecule has 5 rings (SSSR count). The van der Waals surface area contributed by atoms with Crippen LogP contribution in [0.5, 0.6) is 11.5 Å². The molecular weight excluding hydrogens is 595 g/mol. The molecule has 232 valence electrons. The number of amides is 1. The molecule has 2 aliphatic heterocycles. The van der Waals surface area contributed by atoms with Crippen LogP contribution in [0.1, 0.15) is 31.2 Å². The zero-order valence-corrected chi connectivity index (χ0v) is 25.6. The number of benzene rings is 3. The topological polar surface area (TPSA) is 109 Å². The smallest absolute Gasteiger partial charge is 0.253 e. The second-order valence-corrected chi connectivity index (χ2v) is 12.7. The summed E-state index contributed by atoms with van der Waals surface area (Å²) in [6, 6.07) is 21.2. The molecule has 12 heteroatoms. The minimum atomic E-state index is -3.32. The Morgan fingerprint density at radius 3 is 2.14 bits per heavy atom. The molecule has 2 heterocycles. The number of ether oxygens (including phenoxy) is 2. The van der Waals surface area contributed by atoms with Gasteiger partial charge in [-0.2, -0.15) is 0 Å². The minimum absolute atomic E-state index is 0. The number of rotatable bonds is 10. The van der Waals surface area contributed by atoms with Gasteiger partial charge in [-0.05, 0) is 105 Å². The van der Waals surface area contributed by atoms with Crippen LogP contribution in [-0.4, -0.2) is 63.4 Å². The average Bonchev–Trinajstić information content (AvgIpc) is 2.97. The molecule has 9 nitrogen and oxygen atoms in total. The van der Waals surface area contributed by atoms with Gasteiger partial charge in [-0.15, -0.1) is 12.4 Å². The predicted octanol–water partition coefficient (Wildman–Crippen LogP) is 5.15. The molecule has 0 bridgehead atoms. The molecule has 2 unspecified atom stereocenters. The molecule has 2 saturated heterocycles. The van der Waals surface area contributed by atoms with Crippen LogP contribution in [0.3, 0.4) is 0 Å². The SMILES string of the molecule is CS(=O)(=O)Nc1ccc(Oc2ccc(CN3CCC(NC4CCOC(C(=O)Nc5ccc(F)cc5)C4)CC3)cc2)cc1.Cl. The van der Waals surface area contributed by atoms with Crippen molar-refractivity contribution >= 4 is 39.7 Å². The van der Waals surface area contributed by atoms with Crippen molar-refractivity contribution in [3.8, 4) is 11.5 Å². The highest BCUT2D eigenvalue weighted by molar-refractivity contribution is 7.92. The van der Waals surface area contributed by atoms with Gasteiger partial charge in [0.25, 0.3) is 5.91 Å². The minimum Gasteiger partial charge on any atom is -0.457 e. The number of hydrogen-bond acceptors (Lipinski definition) is 7. The van der Waals surface area contributed by atoms with E-state index in [2.05, 4.69) is 32.4 Å². The third kappa shape index (κ3) is 10.2. The zero-order chi connectivity index (χ0) is 29.5. The fourth-order valence-electron chi connectivity index (χ4n) is 5.34. The van der Waals surface area contributed by atoms with Crippen molar-refractivity contribution in [3.05, 3.63) is 84.2 Å². The first-order valence-corrected chi connectivity index (χ1v) is 16.1. The summed E-state index contributed by atoms with van der Waals surface area (Å²) in [6.07, 6.45) is 4.15. The Hall–Kier alpha value is -3.22. The third-order valence-corrected chi connectivity index (χ3v) is 8.08. The molecular formula is C31H38ClFN4O5S. The first-order valence-electron chi connectivity index (χ1n) is 14.2. The van der Waals surface area contributed by atoms with Crippen LogP contribution < -0.4 is 20.1 Å². The van der Waals surface area contributed by atoms with E-state index in [1.54, 1.807) is 36.4 Å². The molecule has 0 radical (unpaired) electrons. The summed E-state index contributed by atoms with van der Waals surface area (Å²) < 4.78 is 49.9. The molecule has 2 fully saturated rings. The van der Waals surface area contributed by atoms with Gasteiger partial charge in [0, 0.05) is 36.6 Å². The molecule has 0 spiro atoms. The zero-order valence-electron chi connectivity index (χ0n) is 24.0. The van der Waals surface area contributed by atoms with Crippen LogP contribution >= 0.6 is 12.4 Å². The second kappa shape index (κ2) is 15.0. The van der Waals surface area contributed by atoms with Gasteiger partial charge in [0.15, 0.2) is 0 Å². The summed E-state index contributed by atoms with van der Waals surface area (Å²) in [5.41, 5.74) is 2.26. The molecule has 3 aromatic carbocycles. The highest BCUT2D eigenvalue weighted by atomic mass is 35.5. The van der Waals surface area contributed by atoms with Gasteiger partial charge < -0.3 is 20.1 Å². The van der Waals surface area contributed by atoms with Gasteiger partial charge in [0.1, 0.15) is 23.4 Å². The van der Waals surface area contributed by atoms with E-state index in [0.29, 0.717) is 41.9 Å². The van der Waals surface area contributed by atoms with Crippen molar-refractivity contribution in [2.45, 2.75) is 50.4 Å². The van der Waals surface area contributed by atoms with Crippen molar-refractivity contribution in [2.24, 2.45) is 0 Å². The van der Waals surface area contributed by atoms with E-state index in [-0.39, 0.29) is 30.2 Å². The standard InChI is InChI=1S/C31H37FN4O5S.ClH/c1-42(38,39)35-26-8-12-29(13-9-26)41-28-10-2-22(3-11-28)21-36-17-14-25(15-18-36)33-27-16-19-40-30(20-27)31(37)34-24-6-4-23(32)5-7-24;/h2-13,25,27,30,33,35H,14-21H2,1H3,(H,34,37);1H. The van der Waals surface area contributed by atoms with Crippen molar-refractivity contribution in [1.82, 2.24) is 10.2 Å². The van der Waals surface area contributed by atoms with Crippen molar-refractivity contribution < 1.29 is 27.1 Å².